The number of aromatic amines is 1. The Balaban J connectivity index is 2.16. The molecule has 1 rings (SSSR count). The molecule has 4 nitrogen and oxygen atoms in total. The summed E-state index contributed by atoms with van der Waals surface area (Å²) in [5.41, 5.74) is 1.16. The lowest BCUT2D eigenvalue weighted by Crippen LogP contribution is -2.38. The van der Waals surface area contributed by atoms with E-state index >= 15 is 0 Å². The van der Waals surface area contributed by atoms with E-state index in [1.807, 2.05) is 13.0 Å². The molecule has 0 saturated carbocycles. The lowest BCUT2D eigenvalue weighted by atomic mass is 10.1. The van der Waals surface area contributed by atoms with E-state index in [-0.39, 0.29) is 5.54 Å². The summed E-state index contributed by atoms with van der Waals surface area (Å²) in [4.78, 5) is 0. The van der Waals surface area contributed by atoms with Crippen LogP contribution in [0.2, 0.25) is 0 Å². The third kappa shape index (κ3) is 4.28. The van der Waals surface area contributed by atoms with Crippen LogP contribution in [0.15, 0.2) is 6.07 Å². The summed E-state index contributed by atoms with van der Waals surface area (Å²) in [7, 11) is 0. The number of H-pyrrole nitrogens is 1. The second-order valence-corrected chi connectivity index (χ2v) is 4.41. The number of aromatic nitrogens is 2. The average molecular weight is 197 g/mol. The zero-order chi connectivity index (χ0) is 10.6. The highest BCUT2D eigenvalue weighted by atomic mass is 16.5. The summed E-state index contributed by atoms with van der Waals surface area (Å²) in [6, 6.07) is 1.89. The zero-order valence-corrected chi connectivity index (χ0v) is 9.35. The van der Waals surface area contributed by atoms with Crippen molar-refractivity contribution in [3.8, 4) is 5.88 Å². The van der Waals surface area contributed by atoms with Crippen LogP contribution in [0.25, 0.3) is 0 Å². The average Bonchev–Trinajstić information content (AvgIpc) is 2.44. The van der Waals surface area contributed by atoms with Gasteiger partial charge in [0.1, 0.15) is 6.61 Å². The molecule has 0 aromatic carbocycles. The molecule has 4 heteroatoms. The van der Waals surface area contributed by atoms with E-state index < -0.39 is 0 Å². The molecule has 2 N–H and O–H groups in total. The molecule has 80 valence electrons. The molecule has 1 heterocycles. The molecule has 0 fully saturated rings. The minimum Gasteiger partial charge on any atom is -0.475 e. The molecule has 1 aromatic rings. The van der Waals surface area contributed by atoms with Crippen LogP contribution in [0.3, 0.4) is 0 Å². The van der Waals surface area contributed by atoms with Gasteiger partial charge in [0.2, 0.25) is 5.88 Å². The first-order valence-electron chi connectivity index (χ1n) is 4.87. The predicted molar refractivity (Wildman–Crippen MR) is 56.6 cm³/mol. The quantitative estimate of drug-likeness (QED) is 0.719. The number of hydrogen-bond donors (Lipinski definition) is 2. The van der Waals surface area contributed by atoms with Gasteiger partial charge in [0.15, 0.2) is 0 Å². The molecule has 1 aromatic heterocycles. The van der Waals surface area contributed by atoms with Gasteiger partial charge in [-0.3, -0.25) is 5.10 Å². The Labute approximate surface area is 85.0 Å². The topological polar surface area (TPSA) is 49.9 Å². The van der Waals surface area contributed by atoms with Gasteiger partial charge in [-0.2, -0.15) is 0 Å². The lowest BCUT2D eigenvalue weighted by molar-refractivity contribution is 0.281. The van der Waals surface area contributed by atoms with Crippen molar-refractivity contribution in [2.24, 2.45) is 0 Å². The Morgan fingerprint density at radius 3 is 2.71 bits per heavy atom. The number of nitrogens with one attached hydrogen (secondary N) is 2. The Hall–Kier alpha value is -1.03. The smallest absolute Gasteiger partial charge is 0.232 e. The maximum absolute atomic E-state index is 5.42. The number of hydrogen-bond acceptors (Lipinski definition) is 3. The molecule has 0 unspecified atom stereocenters. The normalized spacial score (nSPS) is 11.7. The van der Waals surface area contributed by atoms with Gasteiger partial charge in [0.05, 0.1) is 0 Å². The molecule has 0 aliphatic carbocycles. The predicted octanol–water partition coefficient (Wildman–Crippen LogP) is 1.49. The molecule has 0 bridgehead atoms. The van der Waals surface area contributed by atoms with Crippen molar-refractivity contribution in [2.75, 3.05) is 13.2 Å². The summed E-state index contributed by atoms with van der Waals surface area (Å²) in [5.74, 6) is 0.665. The van der Waals surface area contributed by atoms with E-state index in [9.17, 15) is 0 Å². The minimum absolute atomic E-state index is 0.144. The van der Waals surface area contributed by atoms with Gasteiger partial charge in [-0.15, -0.1) is 5.10 Å². The van der Waals surface area contributed by atoms with Gasteiger partial charge in [-0.1, -0.05) is 0 Å². The molecule has 14 heavy (non-hydrogen) atoms. The van der Waals surface area contributed by atoms with Gasteiger partial charge in [0, 0.05) is 23.8 Å². The highest BCUT2D eigenvalue weighted by Gasteiger charge is 2.07. The van der Waals surface area contributed by atoms with E-state index in [0.29, 0.717) is 12.5 Å². The van der Waals surface area contributed by atoms with E-state index in [4.69, 9.17) is 4.74 Å². The third-order valence-corrected chi connectivity index (χ3v) is 1.69. The van der Waals surface area contributed by atoms with E-state index in [2.05, 4.69) is 36.3 Å². The standard InChI is InChI=1S/C10H19N3O/c1-8-7-9(13-12-8)14-6-5-11-10(2,3)4/h7,11H,5-6H2,1-4H3,(H,12,13). The summed E-state index contributed by atoms with van der Waals surface area (Å²) in [5, 5.41) is 10.1. The first-order chi connectivity index (χ1) is 6.47. The second-order valence-electron chi connectivity index (χ2n) is 4.41. The third-order valence-electron chi connectivity index (χ3n) is 1.69. The molecular formula is C10H19N3O. The Kier molecular flexibility index (Phi) is 3.52. The van der Waals surface area contributed by atoms with E-state index in [1.54, 1.807) is 0 Å². The van der Waals surface area contributed by atoms with Crippen molar-refractivity contribution < 1.29 is 4.74 Å². The van der Waals surface area contributed by atoms with E-state index in [1.165, 1.54) is 0 Å². The van der Waals surface area contributed by atoms with Crippen molar-refractivity contribution in [1.29, 1.82) is 0 Å². The van der Waals surface area contributed by atoms with Crippen LogP contribution in [0.5, 0.6) is 5.88 Å². The fraction of sp³-hybridized carbons (Fsp3) is 0.700. The number of nitrogens with zero attached hydrogens (tertiary/aromatic N) is 1. The van der Waals surface area contributed by atoms with Crippen LogP contribution >= 0.6 is 0 Å². The molecule has 0 amide bonds. The van der Waals surface area contributed by atoms with Gasteiger partial charge in [0.25, 0.3) is 0 Å². The van der Waals surface area contributed by atoms with Gasteiger partial charge in [-0.25, -0.2) is 0 Å². The van der Waals surface area contributed by atoms with Crippen molar-refractivity contribution in [1.82, 2.24) is 15.5 Å². The minimum atomic E-state index is 0.144. The van der Waals surface area contributed by atoms with Crippen LogP contribution in [0.4, 0.5) is 0 Å². The number of ether oxygens (including phenoxy) is 1. The van der Waals surface area contributed by atoms with Crippen molar-refractivity contribution in [2.45, 2.75) is 33.2 Å². The number of aryl methyl sites for hydroxylation is 1. The Bertz CT molecular complexity index is 275. The lowest BCUT2D eigenvalue weighted by Gasteiger charge is -2.20. The fourth-order valence-corrected chi connectivity index (χ4v) is 1.05. The maximum atomic E-state index is 5.42. The summed E-state index contributed by atoms with van der Waals surface area (Å²) in [6.45, 7) is 9.81. The molecular weight excluding hydrogens is 178 g/mol. The molecule has 0 aliphatic rings. The van der Waals surface area contributed by atoms with Gasteiger partial charge in [-0.05, 0) is 27.7 Å². The molecule has 0 spiro atoms. The molecule has 0 radical (unpaired) electrons. The van der Waals surface area contributed by atoms with Crippen LogP contribution in [0, 0.1) is 6.92 Å². The van der Waals surface area contributed by atoms with Crippen LogP contribution < -0.4 is 10.1 Å². The van der Waals surface area contributed by atoms with Crippen LogP contribution in [-0.2, 0) is 0 Å². The monoisotopic (exact) mass is 197 g/mol. The second kappa shape index (κ2) is 4.46. The van der Waals surface area contributed by atoms with Gasteiger partial charge < -0.3 is 10.1 Å². The van der Waals surface area contributed by atoms with Crippen molar-refractivity contribution in [3.05, 3.63) is 11.8 Å². The maximum Gasteiger partial charge on any atom is 0.232 e. The first-order valence-corrected chi connectivity index (χ1v) is 4.87. The summed E-state index contributed by atoms with van der Waals surface area (Å²) < 4.78 is 5.42. The summed E-state index contributed by atoms with van der Waals surface area (Å²) in [6.07, 6.45) is 0. The Morgan fingerprint density at radius 1 is 1.50 bits per heavy atom. The number of rotatable bonds is 4. The van der Waals surface area contributed by atoms with Crippen LogP contribution in [0.1, 0.15) is 26.5 Å². The molecule has 0 atom stereocenters. The first kappa shape index (κ1) is 11.0. The highest BCUT2D eigenvalue weighted by Crippen LogP contribution is 2.06. The largest absolute Gasteiger partial charge is 0.475 e. The summed E-state index contributed by atoms with van der Waals surface area (Å²) >= 11 is 0. The highest BCUT2D eigenvalue weighted by molar-refractivity contribution is 5.12. The van der Waals surface area contributed by atoms with Crippen molar-refractivity contribution in [3.63, 3.8) is 0 Å². The molecule has 0 saturated heterocycles. The zero-order valence-electron chi connectivity index (χ0n) is 9.35. The van der Waals surface area contributed by atoms with Crippen molar-refractivity contribution >= 4 is 0 Å². The SMILES string of the molecule is Cc1cc(OCCNC(C)(C)C)n[nH]1. The van der Waals surface area contributed by atoms with E-state index in [0.717, 1.165) is 12.2 Å². The molecule has 0 aliphatic heterocycles. The fourth-order valence-electron chi connectivity index (χ4n) is 1.05. The Morgan fingerprint density at radius 2 is 2.21 bits per heavy atom. The van der Waals surface area contributed by atoms with Gasteiger partial charge >= 0.3 is 0 Å². The van der Waals surface area contributed by atoms with Crippen LogP contribution in [-0.4, -0.2) is 28.9 Å².